The molecule has 0 saturated carbocycles. The molecule has 2 heterocycles. The molecule has 0 unspecified atom stereocenters. The Morgan fingerprint density at radius 1 is 1.24 bits per heavy atom. The first kappa shape index (κ1) is 12.0. The van der Waals surface area contributed by atoms with Crippen LogP contribution in [0.5, 0.6) is 0 Å². The topological polar surface area (TPSA) is 37.8 Å². The van der Waals surface area contributed by atoms with Gasteiger partial charge in [-0.3, -0.25) is 9.97 Å². The molecule has 2 aromatic rings. The highest BCUT2D eigenvalue weighted by Crippen LogP contribution is 2.15. The molecule has 0 saturated heterocycles. The van der Waals surface area contributed by atoms with Gasteiger partial charge in [0.15, 0.2) is 0 Å². The standard InChI is InChI=1S/C13H14BrN3/c1-9-3-4-13(10(2)17-9)16-7-11-5-12(14)8-15-6-11/h3-6,8,16H,7H2,1-2H3. The first-order chi connectivity index (χ1) is 8.15. The molecule has 0 fully saturated rings. The average molecular weight is 292 g/mol. The van der Waals surface area contributed by atoms with Crippen LogP contribution in [-0.2, 0) is 6.54 Å². The Labute approximate surface area is 109 Å². The highest BCUT2D eigenvalue weighted by molar-refractivity contribution is 9.10. The SMILES string of the molecule is Cc1ccc(NCc2cncc(Br)c2)c(C)n1. The monoisotopic (exact) mass is 291 g/mol. The summed E-state index contributed by atoms with van der Waals surface area (Å²) < 4.78 is 0.996. The molecule has 2 rings (SSSR count). The van der Waals surface area contributed by atoms with Crippen LogP contribution in [0.25, 0.3) is 0 Å². The molecule has 0 spiro atoms. The van der Waals surface area contributed by atoms with E-state index in [0.717, 1.165) is 33.7 Å². The molecule has 0 aromatic carbocycles. The summed E-state index contributed by atoms with van der Waals surface area (Å²) in [6, 6.07) is 6.12. The number of pyridine rings is 2. The maximum atomic E-state index is 4.42. The van der Waals surface area contributed by atoms with Crippen LogP contribution in [0.1, 0.15) is 17.0 Å². The maximum absolute atomic E-state index is 4.42. The zero-order valence-electron chi connectivity index (χ0n) is 9.87. The lowest BCUT2D eigenvalue weighted by Crippen LogP contribution is -2.03. The summed E-state index contributed by atoms with van der Waals surface area (Å²) in [6.45, 7) is 4.75. The molecule has 17 heavy (non-hydrogen) atoms. The molecule has 2 aromatic heterocycles. The lowest BCUT2D eigenvalue weighted by molar-refractivity contribution is 1.06. The van der Waals surface area contributed by atoms with Crippen molar-refractivity contribution in [3.05, 3.63) is 52.0 Å². The van der Waals surface area contributed by atoms with Crippen LogP contribution in [0.4, 0.5) is 5.69 Å². The quantitative estimate of drug-likeness (QED) is 0.941. The molecule has 0 radical (unpaired) electrons. The summed E-state index contributed by atoms with van der Waals surface area (Å²) in [5.74, 6) is 0. The molecule has 0 bridgehead atoms. The first-order valence-corrected chi connectivity index (χ1v) is 6.22. The van der Waals surface area contributed by atoms with Gasteiger partial charge in [-0.25, -0.2) is 0 Å². The third-order valence-electron chi connectivity index (χ3n) is 2.47. The van der Waals surface area contributed by atoms with Crippen LogP contribution >= 0.6 is 15.9 Å². The fourth-order valence-corrected chi connectivity index (χ4v) is 2.04. The largest absolute Gasteiger partial charge is 0.379 e. The minimum absolute atomic E-state index is 0.748. The Morgan fingerprint density at radius 2 is 2.06 bits per heavy atom. The summed E-state index contributed by atoms with van der Waals surface area (Å²) in [7, 11) is 0. The van der Waals surface area contributed by atoms with Gasteiger partial charge in [0.1, 0.15) is 0 Å². The normalized spacial score (nSPS) is 10.3. The van der Waals surface area contributed by atoms with E-state index in [1.165, 1.54) is 0 Å². The van der Waals surface area contributed by atoms with Gasteiger partial charge in [-0.15, -0.1) is 0 Å². The molecular weight excluding hydrogens is 278 g/mol. The van der Waals surface area contributed by atoms with Gasteiger partial charge in [-0.2, -0.15) is 0 Å². The number of anilines is 1. The Morgan fingerprint density at radius 3 is 2.76 bits per heavy atom. The van der Waals surface area contributed by atoms with Gasteiger partial charge in [0.2, 0.25) is 0 Å². The number of aryl methyl sites for hydroxylation is 2. The Hall–Kier alpha value is -1.42. The zero-order chi connectivity index (χ0) is 12.3. The fourth-order valence-electron chi connectivity index (χ4n) is 1.62. The average Bonchev–Trinajstić information content (AvgIpc) is 2.28. The van der Waals surface area contributed by atoms with Gasteiger partial charge >= 0.3 is 0 Å². The van der Waals surface area contributed by atoms with Crippen molar-refractivity contribution in [3.8, 4) is 0 Å². The number of nitrogens with one attached hydrogen (secondary N) is 1. The summed E-state index contributed by atoms with van der Waals surface area (Å²) in [5.41, 5.74) is 4.26. The predicted molar refractivity (Wildman–Crippen MR) is 73.0 cm³/mol. The van der Waals surface area contributed by atoms with Crippen LogP contribution in [-0.4, -0.2) is 9.97 Å². The van der Waals surface area contributed by atoms with Gasteiger partial charge in [0.25, 0.3) is 0 Å². The van der Waals surface area contributed by atoms with Crippen molar-refractivity contribution < 1.29 is 0 Å². The maximum Gasteiger partial charge on any atom is 0.0606 e. The van der Waals surface area contributed by atoms with E-state index in [1.807, 2.05) is 26.1 Å². The van der Waals surface area contributed by atoms with Crippen molar-refractivity contribution in [2.45, 2.75) is 20.4 Å². The van der Waals surface area contributed by atoms with Gasteiger partial charge < -0.3 is 5.32 Å². The fraction of sp³-hybridized carbons (Fsp3) is 0.231. The smallest absolute Gasteiger partial charge is 0.0606 e. The van der Waals surface area contributed by atoms with Crippen LogP contribution < -0.4 is 5.32 Å². The molecular formula is C13H14BrN3. The molecule has 1 N–H and O–H groups in total. The Balaban J connectivity index is 2.07. The van der Waals surface area contributed by atoms with Crippen molar-refractivity contribution in [2.24, 2.45) is 0 Å². The van der Waals surface area contributed by atoms with Gasteiger partial charge in [-0.1, -0.05) is 0 Å². The van der Waals surface area contributed by atoms with E-state index < -0.39 is 0 Å². The van der Waals surface area contributed by atoms with Crippen LogP contribution in [0.15, 0.2) is 35.1 Å². The lowest BCUT2D eigenvalue weighted by atomic mass is 10.2. The number of aromatic nitrogens is 2. The molecule has 0 aliphatic carbocycles. The van der Waals surface area contributed by atoms with Crippen molar-refractivity contribution in [3.63, 3.8) is 0 Å². The molecule has 88 valence electrons. The van der Waals surface area contributed by atoms with E-state index in [2.05, 4.69) is 43.3 Å². The number of halogens is 1. The van der Waals surface area contributed by atoms with Crippen LogP contribution in [0.2, 0.25) is 0 Å². The molecule has 0 amide bonds. The van der Waals surface area contributed by atoms with E-state index in [4.69, 9.17) is 0 Å². The second kappa shape index (κ2) is 5.27. The first-order valence-electron chi connectivity index (χ1n) is 5.43. The molecule has 3 nitrogen and oxygen atoms in total. The summed E-state index contributed by atoms with van der Waals surface area (Å²) in [5, 5.41) is 3.36. The van der Waals surface area contributed by atoms with E-state index in [0.29, 0.717) is 0 Å². The minimum atomic E-state index is 0.748. The zero-order valence-corrected chi connectivity index (χ0v) is 11.5. The minimum Gasteiger partial charge on any atom is -0.379 e. The molecule has 0 atom stereocenters. The Bertz CT molecular complexity index is 526. The number of hydrogen-bond acceptors (Lipinski definition) is 3. The summed E-state index contributed by atoms with van der Waals surface area (Å²) in [6.07, 6.45) is 3.64. The highest BCUT2D eigenvalue weighted by Gasteiger charge is 2.00. The number of hydrogen-bond donors (Lipinski definition) is 1. The lowest BCUT2D eigenvalue weighted by Gasteiger charge is -2.09. The van der Waals surface area contributed by atoms with E-state index in [-0.39, 0.29) is 0 Å². The predicted octanol–water partition coefficient (Wildman–Crippen LogP) is 3.47. The third kappa shape index (κ3) is 3.27. The van der Waals surface area contributed by atoms with Gasteiger partial charge in [0, 0.05) is 29.1 Å². The van der Waals surface area contributed by atoms with E-state index >= 15 is 0 Å². The van der Waals surface area contributed by atoms with Crippen molar-refractivity contribution in [1.29, 1.82) is 0 Å². The second-order valence-electron chi connectivity index (χ2n) is 3.95. The van der Waals surface area contributed by atoms with E-state index in [1.54, 1.807) is 6.20 Å². The van der Waals surface area contributed by atoms with Crippen molar-refractivity contribution in [1.82, 2.24) is 9.97 Å². The number of rotatable bonds is 3. The van der Waals surface area contributed by atoms with Gasteiger partial charge in [0.05, 0.1) is 11.4 Å². The Kier molecular flexibility index (Phi) is 3.74. The molecule has 0 aliphatic rings. The van der Waals surface area contributed by atoms with Gasteiger partial charge in [-0.05, 0) is 53.5 Å². The summed E-state index contributed by atoms with van der Waals surface area (Å²) in [4.78, 5) is 8.55. The third-order valence-corrected chi connectivity index (χ3v) is 2.90. The summed E-state index contributed by atoms with van der Waals surface area (Å²) >= 11 is 3.41. The van der Waals surface area contributed by atoms with Crippen LogP contribution in [0, 0.1) is 13.8 Å². The second-order valence-corrected chi connectivity index (χ2v) is 4.87. The van der Waals surface area contributed by atoms with Crippen molar-refractivity contribution >= 4 is 21.6 Å². The van der Waals surface area contributed by atoms with Crippen LogP contribution in [0.3, 0.4) is 0 Å². The number of nitrogens with zero attached hydrogens (tertiary/aromatic N) is 2. The molecule has 4 heteroatoms. The molecule has 0 aliphatic heterocycles. The van der Waals surface area contributed by atoms with E-state index in [9.17, 15) is 0 Å². The highest BCUT2D eigenvalue weighted by atomic mass is 79.9. The van der Waals surface area contributed by atoms with Crippen molar-refractivity contribution in [2.75, 3.05) is 5.32 Å².